The van der Waals surface area contributed by atoms with Crippen molar-refractivity contribution in [3.63, 3.8) is 0 Å². The summed E-state index contributed by atoms with van der Waals surface area (Å²) >= 11 is 0. The number of H-pyrrole nitrogens is 1. The quantitative estimate of drug-likeness (QED) is 0.824. The first kappa shape index (κ1) is 13.5. The summed E-state index contributed by atoms with van der Waals surface area (Å²) in [5, 5.41) is 9.80. The maximum Gasteiger partial charge on any atom is 0.246 e. The number of aryl methyl sites for hydroxylation is 2. The summed E-state index contributed by atoms with van der Waals surface area (Å²) in [6.45, 7) is 5.51. The lowest BCUT2D eigenvalue weighted by molar-refractivity contribution is 0.450. The summed E-state index contributed by atoms with van der Waals surface area (Å²) in [7, 11) is -1.51. The van der Waals surface area contributed by atoms with Gasteiger partial charge in [0.05, 0.1) is 11.4 Å². The largest absolute Gasteiger partial charge is 0.319 e. The van der Waals surface area contributed by atoms with E-state index < -0.39 is 10.0 Å². The summed E-state index contributed by atoms with van der Waals surface area (Å²) < 4.78 is 26.6. The summed E-state index contributed by atoms with van der Waals surface area (Å²) in [6.07, 6.45) is 0.913. The predicted molar refractivity (Wildman–Crippen MR) is 68.9 cm³/mol. The highest BCUT2D eigenvalue weighted by Crippen LogP contribution is 2.26. The Morgan fingerprint density at radius 3 is 2.78 bits per heavy atom. The molecule has 0 aromatic carbocycles. The van der Waals surface area contributed by atoms with Crippen molar-refractivity contribution in [3.8, 4) is 0 Å². The van der Waals surface area contributed by atoms with Gasteiger partial charge in [0.2, 0.25) is 10.0 Å². The number of hydrogen-bond acceptors (Lipinski definition) is 4. The Labute approximate surface area is 108 Å². The molecule has 0 radical (unpaired) electrons. The average Bonchev–Trinajstić information content (AvgIpc) is 2.87. The van der Waals surface area contributed by atoms with Crippen molar-refractivity contribution in [1.82, 2.24) is 19.8 Å². The molecule has 0 saturated carbocycles. The van der Waals surface area contributed by atoms with Gasteiger partial charge >= 0.3 is 0 Å². The standard InChI is InChI=1S/C11H20N4O2S/c1-8-11(9(2)14-13-8)18(16,17)15-5-4-10(7-15)6-12-3/h10,12H,4-7H2,1-3H3,(H,13,14). The monoisotopic (exact) mass is 272 g/mol. The third kappa shape index (κ3) is 2.30. The Kier molecular flexibility index (Phi) is 3.74. The van der Waals surface area contributed by atoms with E-state index in [1.165, 1.54) is 0 Å². The number of nitrogens with one attached hydrogen (secondary N) is 2. The van der Waals surface area contributed by atoms with Crippen LogP contribution in [0.1, 0.15) is 17.8 Å². The fourth-order valence-corrected chi connectivity index (χ4v) is 4.38. The minimum absolute atomic E-state index is 0.340. The van der Waals surface area contributed by atoms with Crippen molar-refractivity contribution in [2.24, 2.45) is 5.92 Å². The van der Waals surface area contributed by atoms with Gasteiger partial charge < -0.3 is 5.32 Å². The second-order valence-corrected chi connectivity index (χ2v) is 6.71. The van der Waals surface area contributed by atoms with E-state index >= 15 is 0 Å². The third-order valence-electron chi connectivity index (χ3n) is 3.40. The van der Waals surface area contributed by atoms with Crippen LogP contribution in [0.4, 0.5) is 0 Å². The van der Waals surface area contributed by atoms with E-state index in [1.807, 2.05) is 7.05 Å². The molecular formula is C11H20N4O2S. The van der Waals surface area contributed by atoms with Crippen LogP contribution in [0.2, 0.25) is 0 Å². The van der Waals surface area contributed by atoms with Crippen LogP contribution in [-0.4, -0.2) is 49.6 Å². The molecule has 7 heteroatoms. The normalized spacial score (nSPS) is 21.6. The Bertz CT molecular complexity index is 504. The van der Waals surface area contributed by atoms with Crippen LogP contribution in [0, 0.1) is 19.8 Å². The molecule has 18 heavy (non-hydrogen) atoms. The highest BCUT2D eigenvalue weighted by atomic mass is 32.2. The minimum atomic E-state index is -3.40. The zero-order chi connectivity index (χ0) is 13.3. The van der Waals surface area contributed by atoms with E-state index in [2.05, 4.69) is 15.5 Å². The van der Waals surface area contributed by atoms with Gasteiger partial charge in [-0.3, -0.25) is 5.10 Å². The van der Waals surface area contributed by atoms with E-state index in [0.717, 1.165) is 13.0 Å². The molecule has 2 N–H and O–H groups in total. The first-order valence-electron chi connectivity index (χ1n) is 6.13. The Morgan fingerprint density at radius 1 is 1.50 bits per heavy atom. The van der Waals surface area contributed by atoms with E-state index in [9.17, 15) is 8.42 Å². The number of rotatable bonds is 4. The number of sulfonamides is 1. The van der Waals surface area contributed by atoms with E-state index in [4.69, 9.17) is 0 Å². The van der Waals surface area contributed by atoms with Crippen LogP contribution in [0.25, 0.3) is 0 Å². The van der Waals surface area contributed by atoms with Crippen LogP contribution in [0.3, 0.4) is 0 Å². The zero-order valence-electron chi connectivity index (χ0n) is 11.0. The van der Waals surface area contributed by atoms with Gasteiger partial charge in [0, 0.05) is 13.1 Å². The topological polar surface area (TPSA) is 78.1 Å². The molecular weight excluding hydrogens is 252 g/mol. The van der Waals surface area contributed by atoms with Crippen LogP contribution in [0.5, 0.6) is 0 Å². The fourth-order valence-electron chi connectivity index (χ4n) is 2.52. The molecule has 1 aliphatic heterocycles. The van der Waals surface area contributed by atoms with Gasteiger partial charge in [0.1, 0.15) is 4.90 Å². The maximum atomic E-state index is 12.5. The molecule has 2 heterocycles. The molecule has 0 bridgehead atoms. The summed E-state index contributed by atoms with van der Waals surface area (Å²) in [4.78, 5) is 0.340. The minimum Gasteiger partial charge on any atom is -0.319 e. The van der Waals surface area contributed by atoms with Crippen molar-refractivity contribution in [1.29, 1.82) is 0 Å². The van der Waals surface area contributed by atoms with Gasteiger partial charge in [-0.2, -0.15) is 9.40 Å². The highest BCUT2D eigenvalue weighted by molar-refractivity contribution is 7.89. The molecule has 0 amide bonds. The molecule has 1 atom stereocenters. The van der Waals surface area contributed by atoms with Gasteiger partial charge in [-0.1, -0.05) is 0 Å². The zero-order valence-corrected chi connectivity index (χ0v) is 11.8. The van der Waals surface area contributed by atoms with Crippen molar-refractivity contribution in [3.05, 3.63) is 11.4 Å². The number of aromatic amines is 1. The van der Waals surface area contributed by atoms with E-state index in [1.54, 1.807) is 18.2 Å². The van der Waals surface area contributed by atoms with Crippen LogP contribution >= 0.6 is 0 Å². The molecule has 0 spiro atoms. The average molecular weight is 272 g/mol. The SMILES string of the molecule is CNCC1CCN(S(=O)(=O)c2c(C)n[nH]c2C)C1. The van der Waals surface area contributed by atoms with E-state index in [-0.39, 0.29) is 0 Å². The maximum absolute atomic E-state index is 12.5. The number of nitrogens with zero attached hydrogens (tertiary/aromatic N) is 2. The number of hydrogen-bond donors (Lipinski definition) is 2. The van der Waals surface area contributed by atoms with Gasteiger partial charge in [-0.25, -0.2) is 8.42 Å². The second kappa shape index (κ2) is 4.99. The van der Waals surface area contributed by atoms with Crippen LogP contribution in [0.15, 0.2) is 4.90 Å². The first-order valence-corrected chi connectivity index (χ1v) is 7.57. The Hall–Kier alpha value is -0.920. The summed E-state index contributed by atoms with van der Waals surface area (Å²) in [5.41, 5.74) is 1.16. The number of aromatic nitrogens is 2. The molecule has 2 rings (SSSR count). The molecule has 1 unspecified atom stereocenters. The second-order valence-electron chi connectivity index (χ2n) is 4.84. The summed E-state index contributed by atoms with van der Waals surface area (Å²) in [6, 6.07) is 0. The Morgan fingerprint density at radius 2 is 2.22 bits per heavy atom. The first-order chi connectivity index (χ1) is 8.46. The molecule has 1 aromatic heterocycles. The lowest BCUT2D eigenvalue weighted by Crippen LogP contribution is -2.31. The molecule has 1 aliphatic rings. The molecule has 102 valence electrons. The summed E-state index contributed by atoms with van der Waals surface area (Å²) in [5.74, 6) is 0.400. The predicted octanol–water partition coefficient (Wildman–Crippen LogP) is 0.257. The van der Waals surface area contributed by atoms with Gasteiger partial charge in [-0.15, -0.1) is 0 Å². The molecule has 1 aromatic rings. The fraction of sp³-hybridized carbons (Fsp3) is 0.727. The lowest BCUT2D eigenvalue weighted by atomic mass is 10.1. The van der Waals surface area contributed by atoms with Crippen LogP contribution < -0.4 is 5.32 Å². The highest BCUT2D eigenvalue weighted by Gasteiger charge is 2.34. The van der Waals surface area contributed by atoms with Crippen molar-refractivity contribution in [2.75, 3.05) is 26.7 Å². The van der Waals surface area contributed by atoms with Crippen LogP contribution in [-0.2, 0) is 10.0 Å². The smallest absolute Gasteiger partial charge is 0.246 e. The molecule has 1 fully saturated rings. The molecule has 0 aliphatic carbocycles. The lowest BCUT2D eigenvalue weighted by Gasteiger charge is -2.16. The van der Waals surface area contributed by atoms with Crippen molar-refractivity contribution in [2.45, 2.75) is 25.2 Å². The van der Waals surface area contributed by atoms with Gasteiger partial charge in [0.15, 0.2) is 0 Å². The third-order valence-corrected chi connectivity index (χ3v) is 5.53. The Balaban J connectivity index is 2.23. The van der Waals surface area contributed by atoms with E-state index in [0.29, 0.717) is 35.3 Å². The van der Waals surface area contributed by atoms with Crippen molar-refractivity contribution >= 4 is 10.0 Å². The molecule has 6 nitrogen and oxygen atoms in total. The molecule has 1 saturated heterocycles. The van der Waals surface area contributed by atoms with Gasteiger partial charge in [-0.05, 0) is 39.8 Å². The van der Waals surface area contributed by atoms with Crippen molar-refractivity contribution < 1.29 is 8.42 Å². The van der Waals surface area contributed by atoms with Gasteiger partial charge in [0.25, 0.3) is 0 Å².